The Labute approximate surface area is 123 Å². The van der Waals surface area contributed by atoms with E-state index in [1.165, 1.54) is 19.4 Å². The van der Waals surface area contributed by atoms with E-state index in [0.29, 0.717) is 0 Å². The van der Waals surface area contributed by atoms with E-state index < -0.39 is 0 Å². The molecule has 1 heterocycles. The zero-order valence-corrected chi connectivity index (χ0v) is 12.9. The van der Waals surface area contributed by atoms with Crippen LogP contribution in [0.4, 0.5) is 0 Å². The SMILES string of the molecule is CCC1(C)CN(CCCOc2ccccc2)CCCN1. The number of hydrogen-bond donors (Lipinski definition) is 1. The molecule has 20 heavy (non-hydrogen) atoms. The second kappa shape index (κ2) is 7.65. The van der Waals surface area contributed by atoms with E-state index in [0.717, 1.165) is 38.4 Å². The molecule has 2 rings (SSSR count). The fraction of sp³-hybridized carbons (Fsp3) is 0.647. The average molecular weight is 276 g/mol. The van der Waals surface area contributed by atoms with Gasteiger partial charge < -0.3 is 15.0 Å². The van der Waals surface area contributed by atoms with E-state index in [4.69, 9.17) is 4.74 Å². The van der Waals surface area contributed by atoms with Crippen molar-refractivity contribution in [2.75, 3.05) is 32.8 Å². The lowest BCUT2D eigenvalue weighted by molar-refractivity contribution is 0.197. The number of nitrogens with zero attached hydrogens (tertiary/aromatic N) is 1. The molecule has 0 amide bonds. The smallest absolute Gasteiger partial charge is 0.119 e. The van der Waals surface area contributed by atoms with Gasteiger partial charge in [0.05, 0.1) is 6.61 Å². The molecule has 0 saturated carbocycles. The average Bonchev–Trinajstić information content (AvgIpc) is 2.67. The van der Waals surface area contributed by atoms with Crippen LogP contribution >= 0.6 is 0 Å². The maximum absolute atomic E-state index is 5.76. The number of benzene rings is 1. The van der Waals surface area contributed by atoms with E-state index in [-0.39, 0.29) is 5.54 Å². The number of hydrogen-bond acceptors (Lipinski definition) is 3. The fourth-order valence-corrected chi connectivity index (χ4v) is 2.74. The van der Waals surface area contributed by atoms with Gasteiger partial charge in [-0.2, -0.15) is 0 Å². The van der Waals surface area contributed by atoms with Crippen molar-refractivity contribution in [3.8, 4) is 5.75 Å². The second-order valence-corrected chi connectivity index (χ2v) is 5.99. The first kappa shape index (κ1) is 15.3. The normalized spacial score (nSPS) is 24.3. The van der Waals surface area contributed by atoms with E-state index in [2.05, 4.69) is 24.1 Å². The van der Waals surface area contributed by atoms with Crippen molar-refractivity contribution in [3.63, 3.8) is 0 Å². The van der Waals surface area contributed by atoms with Crippen LogP contribution in [0.3, 0.4) is 0 Å². The maximum Gasteiger partial charge on any atom is 0.119 e. The molecule has 1 saturated heterocycles. The van der Waals surface area contributed by atoms with E-state index in [1.807, 2.05) is 30.3 Å². The van der Waals surface area contributed by atoms with Gasteiger partial charge in [-0.05, 0) is 51.4 Å². The van der Waals surface area contributed by atoms with E-state index in [9.17, 15) is 0 Å². The van der Waals surface area contributed by atoms with Gasteiger partial charge in [-0.25, -0.2) is 0 Å². The molecular formula is C17H28N2O. The fourth-order valence-electron chi connectivity index (χ4n) is 2.74. The molecule has 1 aromatic carbocycles. The Hall–Kier alpha value is -1.06. The van der Waals surface area contributed by atoms with Gasteiger partial charge in [-0.1, -0.05) is 25.1 Å². The van der Waals surface area contributed by atoms with Crippen LogP contribution in [0.5, 0.6) is 5.75 Å². The monoisotopic (exact) mass is 276 g/mol. The lowest BCUT2D eigenvalue weighted by atomic mass is 9.98. The highest BCUT2D eigenvalue weighted by Gasteiger charge is 2.26. The Morgan fingerprint density at radius 3 is 2.85 bits per heavy atom. The van der Waals surface area contributed by atoms with Crippen LogP contribution < -0.4 is 10.1 Å². The summed E-state index contributed by atoms with van der Waals surface area (Å²) < 4.78 is 5.76. The molecule has 0 aromatic heterocycles. The maximum atomic E-state index is 5.76. The zero-order chi connectivity index (χ0) is 14.3. The van der Waals surface area contributed by atoms with Crippen LogP contribution in [-0.2, 0) is 0 Å². The largest absolute Gasteiger partial charge is 0.494 e. The Bertz CT molecular complexity index is 382. The Kier molecular flexibility index (Phi) is 5.86. The predicted octanol–water partition coefficient (Wildman–Crippen LogP) is 2.92. The van der Waals surface area contributed by atoms with Crippen LogP contribution in [-0.4, -0.2) is 43.2 Å². The van der Waals surface area contributed by atoms with Crippen molar-refractivity contribution in [2.45, 2.75) is 38.6 Å². The van der Waals surface area contributed by atoms with Crippen molar-refractivity contribution in [1.82, 2.24) is 10.2 Å². The second-order valence-electron chi connectivity index (χ2n) is 5.99. The first-order valence-electron chi connectivity index (χ1n) is 7.87. The Balaban J connectivity index is 1.70. The van der Waals surface area contributed by atoms with Crippen molar-refractivity contribution in [1.29, 1.82) is 0 Å². The summed E-state index contributed by atoms with van der Waals surface area (Å²) >= 11 is 0. The predicted molar refractivity (Wildman–Crippen MR) is 84.3 cm³/mol. The minimum Gasteiger partial charge on any atom is -0.494 e. The molecule has 1 unspecified atom stereocenters. The minimum atomic E-state index is 0.275. The van der Waals surface area contributed by atoms with Gasteiger partial charge in [0.25, 0.3) is 0 Å². The van der Waals surface area contributed by atoms with Crippen LogP contribution in [0.15, 0.2) is 30.3 Å². The molecule has 1 fully saturated rings. The molecule has 1 N–H and O–H groups in total. The molecule has 0 bridgehead atoms. The summed E-state index contributed by atoms with van der Waals surface area (Å²) in [6.45, 7) is 10.0. The highest BCUT2D eigenvalue weighted by molar-refractivity contribution is 5.20. The molecule has 3 heteroatoms. The summed E-state index contributed by atoms with van der Waals surface area (Å²) in [4.78, 5) is 2.58. The zero-order valence-electron chi connectivity index (χ0n) is 12.9. The standard InChI is InChI=1S/C17H28N2O/c1-3-17(2)15-19(12-7-11-18-17)13-8-14-20-16-9-5-4-6-10-16/h4-6,9-10,18H,3,7-8,11-15H2,1-2H3. The van der Waals surface area contributed by atoms with Crippen molar-refractivity contribution in [3.05, 3.63) is 30.3 Å². The van der Waals surface area contributed by atoms with Gasteiger partial charge in [0.15, 0.2) is 0 Å². The highest BCUT2D eigenvalue weighted by atomic mass is 16.5. The Morgan fingerprint density at radius 1 is 1.30 bits per heavy atom. The third-order valence-electron chi connectivity index (χ3n) is 4.19. The number of rotatable bonds is 6. The molecule has 1 aliphatic rings. The summed E-state index contributed by atoms with van der Waals surface area (Å²) in [5.41, 5.74) is 0.275. The molecule has 1 aliphatic heterocycles. The summed E-state index contributed by atoms with van der Waals surface area (Å²) in [5, 5.41) is 3.68. The first-order chi connectivity index (χ1) is 9.72. The number of para-hydroxylation sites is 1. The molecular weight excluding hydrogens is 248 g/mol. The van der Waals surface area contributed by atoms with Crippen molar-refractivity contribution in [2.24, 2.45) is 0 Å². The van der Waals surface area contributed by atoms with E-state index >= 15 is 0 Å². The number of nitrogens with one attached hydrogen (secondary N) is 1. The molecule has 112 valence electrons. The third kappa shape index (κ3) is 4.80. The summed E-state index contributed by atoms with van der Waals surface area (Å²) in [7, 11) is 0. The van der Waals surface area contributed by atoms with Gasteiger partial charge in [-0.15, -0.1) is 0 Å². The Morgan fingerprint density at radius 2 is 2.10 bits per heavy atom. The molecule has 0 radical (unpaired) electrons. The van der Waals surface area contributed by atoms with Crippen LogP contribution in [0.1, 0.15) is 33.1 Å². The van der Waals surface area contributed by atoms with E-state index in [1.54, 1.807) is 0 Å². The van der Waals surface area contributed by atoms with Crippen LogP contribution in [0.25, 0.3) is 0 Å². The molecule has 0 spiro atoms. The van der Waals surface area contributed by atoms with Gasteiger partial charge in [0, 0.05) is 18.6 Å². The summed E-state index contributed by atoms with van der Waals surface area (Å²) in [6.07, 6.45) is 3.52. The molecule has 1 aromatic rings. The highest BCUT2D eigenvalue weighted by Crippen LogP contribution is 2.15. The molecule has 1 atom stereocenters. The van der Waals surface area contributed by atoms with Crippen LogP contribution in [0.2, 0.25) is 0 Å². The molecule has 3 nitrogen and oxygen atoms in total. The van der Waals surface area contributed by atoms with Gasteiger partial charge in [0.2, 0.25) is 0 Å². The topological polar surface area (TPSA) is 24.5 Å². The van der Waals surface area contributed by atoms with Crippen LogP contribution in [0, 0.1) is 0 Å². The first-order valence-corrected chi connectivity index (χ1v) is 7.87. The lowest BCUT2D eigenvalue weighted by Gasteiger charge is -2.32. The number of ether oxygens (including phenoxy) is 1. The quantitative estimate of drug-likeness (QED) is 0.809. The third-order valence-corrected chi connectivity index (χ3v) is 4.19. The summed E-state index contributed by atoms with van der Waals surface area (Å²) in [5.74, 6) is 0.975. The molecule has 0 aliphatic carbocycles. The lowest BCUT2D eigenvalue weighted by Crippen LogP contribution is -2.48. The van der Waals surface area contributed by atoms with Crippen molar-refractivity contribution >= 4 is 0 Å². The van der Waals surface area contributed by atoms with Gasteiger partial charge in [-0.3, -0.25) is 0 Å². The van der Waals surface area contributed by atoms with Gasteiger partial charge >= 0.3 is 0 Å². The summed E-state index contributed by atoms with van der Waals surface area (Å²) in [6, 6.07) is 10.1. The van der Waals surface area contributed by atoms with Gasteiger partial charge in [0.1, 0.15) is 5.75 Å². The van der Waals surface area contributed by atoms with Crippen molar-refractivity contribution < 1.29 is 4.74 Å². The minimum absolute atomic E-state index is 0.275.